The van der Waals surface area contributed by atoms with Crippen LogP contribution in [0.3, 0.4) is 0 Å². The van der Waals surface area contributed by atoms with Gasteiger partial charge in [0.1, 0.15) is 11.5 Å². The van der Waals surface area contributed by atoms with Gasteiger partial charge in [-0.15, -0.1) is 0 Å². The van der Waals surface area contributed by atoms with Crippen molar-refractivity contribution < 1.29 is 4.74 Å². The number of aromatic amines is 1. The van der Waals surface area contributed by atoms with E-state index in [1.54, 1.807) is 0 Å². The van der Waals surface area contributed by atoms with Gasteiger partial charge in [-0.1, -0.05) is 56.7 Å². The summed E-state index contributed by atoms with van der Waals surface area (Å²) in [6.45, 7) is 5.05. The molecule has 0 amide bonds. The Labute approximate surface area is 251 Å². The fourth-order valence-electron chi connectivity index (χ4n) is 7.48. The number of aliphatic imine (C=N–C) groups is 1. The van der Waals surface area contributed by atoms with E-state index < -0.39 is 0 Å². The van der Waals surface area contributed by atoms with Crippen LogP contribution in [0.5, 0.6) is 11.5 Å². The summed E-state index contributed by atoms with van der Waals surface area (Å²) >= 11 is 0. The fraction of sp³-hybridized carbons (Fsp3) is 0.543. The van der Waals surface area contributed by atoms with Gasteiger partial charge < -0.3 is 15.4 Å². The molecule has 2 aliphatic carbocycles. The van der Waals surface area contributed by atoms with E-state index >= 15 is 0 Å². The van der Waals surface area contributed by atoms with Gasteiger partial charge in [0, 0.05) is 42.0 Å². The van der Waals surface area contributed by atoms with Crippen LogP contribution in [0.25, 0.3) is 0 Å². The first kappa shape index (κ1) is 28.8. The van der Waals surface area contributed by atoms with E-state index in [4.69, 9.17) is 15.5 Å². The van der Waals surface area contributed by atoms with Gasteiger partial charge >= 0.3 is 0 Å². The van der Waals surface area contributed by atoms with E-state index in [0.29, 0.717) is 24.0 Å². The highest BCUT2D eigenvalue weighted by atomic mass is 16.5. The molecule has 3 N–H and O–H groups in total. The number of nitrogens with two attached hydrogens (primary N) is 1. The third-order valence-corrected chi connectivity index (χ3v) is 9.84. The molecule has 2 fully saturated rings. The van der Waals surface area contributed by atoms with E-state index in [1.165, 1.54) is 87.4 Å². The molecule has 6 rings (SSSR count). The molecule has 0 radical (unpaired) electrons. The van der Waals surface area contributed by atoms with Crippen molar-refractivity contribution in [3.05, 3.63) is 71.5 Å². The number of aryl methyl sites for hydroxylation is 1. The molecule has 7 nitrogen and oxygen atoms in total. The lowest BCUT2D eigenvalue weighted by molar-refractivity contribution is 0.126. The minimum atomic E-state index is 0.407. The Morgan fingerprint density at radius 1 is 0.976 bits per heavy atom. The lowest BCUT2D eigenvalue weighted by atomic mass is 9.81. The summed E-state index contributed by atoms with van der Waals surface area (Å²) in [5.74, 6) is 3.04. The number of rotatable bonds is 11. The van der Waals surface area contributed by atoms with Crippen molar-refractivity contribution in [1.29, 1.82) is 0 Å². The maximum atomic E-state index is 6.74. The topological polar surface area (TPSA) is 82.8 Å². The maximum Gasteiger partial charge on any atom is 0.197 e. The number of aromatic nitrogens is 2. The van der Waals surface area contributed by atoms with Gasteiger partial charge in [0.25, 0.3) is 0 Å². The summed E-state index contributed by atoms with van der Waals surface area (Å²) in [6, 6.07) is 17.3. The third-order valence-electron chi connectivity index (χ3n) is 9.84. The van der Waals surface area contributed by atoms with E-state index in [-0.39, 0.29) is 0 Å². The molecule has 2 saturated carbocycles. The van der Waals surface area contributed by atoms with Gasteiger partial charge in [0.2, 0.25) is 0 Å². The third kappa shape index (κ3) is 7.00. The fourth-order valence-corrected chi connectivity index (χ4v) is 7.48. The molecule has 0 bridgehead atoms. The molecule has 7 heteroatoms. The largest absolute Gasteiger partial charge is 0.457 e. The van der Waals surface area contributed by atoms with E-state index in [2.05, 4.69) is 33.0 Å². The summed E-state index contributed by atoms with van der Waals surface area (Å²) in [5, 5.41) is 7.46. The van der Waals surface area contributed by atoms with Crippen LogP contribution in [-0.2, 0) is 13.1 Å². The normalized spacial score (nSPS) is 19.0. The molecular weight excluding hydrogens is 520 g/mol. The zero-order chi connectivity index (χ0) is 28.7. The predicted molar refractivity (Wildman–Crippen MR) is 170 cm³/mol. The maximum absolute atomic E-state index is 6.74. The molecule has 1 atom stereocenters. The van der Waals surface area contributed by atoms with Crippen molar-refractivity contribution in [3.63, 3.8) is 0 Å². The molecule has 42 heavy (non-hydrogen) atoms. The average molecular weight is 569 g/mol. The number of benzene rings is 2. The predicted octanol–water partition coefficient (Wildman–Crippen LogP) is 7.84. The van der Waals surface area contributed by atoms with Crippen LogP contribution in [-0.4, -0.2) is 44.6 Å². The molecule has 1 aromatic heterocycles. The van der Waals surface area contributed by atoms with E-state index in [0.717, 1.165) is 43.2 Å². The van der Waals surface area contributed by atoms with Crippen LogP contribution >= 0.6 is 0 Å². The summed E-state index contributed by atoms with van der Waals surface area (Å²) in [7, 11) is 0. The molecule has 224 valence electrons. The molecule has 3 aromatic rings. The van der Waals surface area contributed by atoms with Crippen LogP contribution in [0.2, 0.25) is 0 Å². The molecule has 0 spiro atoms. The first-order valence-corrected chi connectivity index (χ1v) is 16.3. The molecule has 1 unspecified atom stereocenters. The zero-order valence-electron chi connectivity index (χ0n) is 25.3. The Morgan fingerprint density at radius 2 is 1.74 bits per heavy atom. The van der Waals surface area contributed by atoms with E-state index in [9.17, 15) is 0 Å². The number of nitrogens with one attached hydrogen (secondary N) is 1. The highest BCUT2D eigenvalue weighted by molar-refractivity contribution is 5.84. The number of nitrogens with zero attached hydrogens (tertiary/aromatic N) is 4. The molecule has 0 saturated heterocycles. The molecule has 3 aliphatic rings. The summed E-state index contributed by atoms with van der Waals surface area (Å²) in [6.07, 6.45) is 17.6. The SMILES string of the molecule is Cc1[nH]ncc1CN(CCCC(C1CCCCC1)N1Cc2cc(Oc3ccccc3)ccc2N=C1N)C1CCCCC1. The minimum absolute atomic E-state index is 0.407. The second kappa shape index (κ2) is 13.8. The van der Waals surface area contributed by atoms with Crippen molar-refractivity contribution in [1.82, 2.24) is 20.0 Å². The van der Waals surface area contributed by atoms with Crippen molar-refractivity contribution in [2.24, 2.45) is 16.6 Å². The summed E-state index contributed by atoms with van der Waals surface area (Å²) in [4.78, 5) is 10.1. The number of para-hydroxylation sites is 1. The molecular formula is C35H48N6O. The quantitative estimate of drug-likeness (QED) is 0.246. The molecule has 1 aliphatic heterocycles. The average Bonchev–Trinajstić information content (AvgIpc) is 3.44. The Morgan fingerprint density at radius 3 is 2.48 bits per heavy atom. The Hall–Kier alpha value is -3.32. The van der Waals surface area contributed by atoms with Crippen molar-refractivity contribution in [2.45, 2.75) is 109 Å². The van der Waals surface area contributed by atoms with Crippen LogP contribution in [0.4, 0.5) is 5.69 Å². The van der Waals surface area contributed by atoms with Crippen LogP contribution in [0, 0.1) is 12.8 Å². The Bertz CT molecular complexity index is 1310. The standard InChI is InChI=1S/C35H48N6O/c1-26-29(23-37-39-26)24-40(30-14-7-3-8-15-30)21-11-18-34(27-12-5-2-6-13-27)41-25-28-22-32(19-20-33(28)38-35(41)36)42-31-16-9-4-10-17-31/h4,9-10,16-17,19-20,22-23,27,30,34H,2-3,5-8,11-15,18,21,24-25H2,1H3,(H2,36,38)(H,37,39). The first-order chi connectivity index (χ1) is 20.6. The number of ether oxygens (including phenoxy) is 1. The number of H-pyrrole nitrogens is 1. The van der Waals surface area contributed by atoms with Crippen LogP contribution < -0.4 is 10.5 Å². The monoisotopic (exact) mass is 568 g/mol. The number of guanidine groups is 1. The lowest BCUT2D eigenvalue weighted by Crippen LogP contribution is -2.49. The molecule has 2 heterocycles. The first-order valence-electron chi connectivity index (χ1n) is 16.3. The number of hydrogen-bond acceptors (Lipinski definition) is 6. The summed E-state index contributed by atoms with van der Waals surface area (Å²) < 4.78 is 6.17. The lowest BCUT2D eigenvalue weighted by Gasteiger charge is -2.42. The van der Waals surface area contributed by atoms with Crippen molar-refractivity contribution in [2.75, 3.05) is 6.54 Å². The Kier molecular flexibility index (Phi) is 9.44. The van der Waals surface area contributed by atoms with Gasteiger partial charge in [0.05, 0.1) is 11.9 Å². The van der Waals surface area contributed by atoms with Gasteiger partial charge in [0.15, 0.2) is 5.96 Å². The smallest absolute Gasteiger partial charge is 0.197 e. The number of fused-ring (bicyclic) bond motifs is 1. The van der Waals surface area contributed by atoms with Gasteiger partial charge in [-0.2, -0.15) is 5.10 Å². The van der Waals surface area contributed by atoms with Gasteiger partial charge in [-0.05, 0) is 88.2 Å². The second-order valence-corrected chi connectivity index (χ2v) is 12.7. The van der Waals surface area contributed by atoms with Crippen LogP contribution in [0.15, 0.2) is 59.7 Å². The van der Waals surface area contributed by atoms with E-state index in [1.807, 2.05) is 48.7 Å². The highest BCUT2D eigenvalue weighted by Gasteiger charge is 2.33. The van der Waals surface area contributed by atoms with Crippen molar-refractivity contribution in [3.8, 4) is 11.5 Å². The Balaban J connectivity index is 1.17. The zero-order valence-corrected chi connectivity index (χ0v) is 25.3. The highest BCUT2D eigenvalue weighted by Crippen LogP contribution is 2.37. The minimum Gasteiger partial charge on any atom is -0.457 e. The second-order valence-electron chi connectivity index (χ2n) is 12.7. The number of hydrogen-bond donors (Lipinski definition) is 2. The van der Waals surface area contributed by atoms with Crippen molar-refractivity contribution >= 4 is 11.6 Å². The molecule has 2 aromatic carbocycles. The van der Waals surface area contributed by atoms with Crippen LogP contribution in [0.1, 0.15) is 93.9 Å². The van der Waals surface area contributed by atoms with Gasteiger partial charge in [-0.3, -0.25) is 10.00 Å². The summed E-state index contributed by atoms with van der Waals surface area (Å²) in [5.41, 5.74) is 11.4. The van der Waals surface area contributed by atoms with Gasteiger partial charge in [-0.25, -0.2) is 4.99 Å².